The van der Waals surface area contributed by atoms with E-state index in [0.717, 1.165) is 0 Å². The summed E-state index contributed by atoms with van der Waals surface area (Å²) in [4.78, 5) is 22.2. The lowest BCUT2D eigenvalue weighted by Gasteiger charge is -2.04. The third-order valence-corrected chi connectivity index (χ3v) is 3.97. The average Bonchev–Trinajstić information content (AvgIpc) is 2.28. The Kier molecular flexibility index (Phi) is 4.83. The first kappa shape index (κ1) is 13.9. The van der Waals surface area contributed by atoms with Crippen molar-refractivity contribution in [1.29, 1.82) is 0 Å². The van der Waals surface area contributed by atoms with Gasteiger partial charge in [0.15, 0.2) is 0 Å². The lowest BCUT2D eigenvalue weighted by atomic mass is 10.2. The second kappa shape index (κ2) is 5.92. The van der Waals surface area contributed by atoms with Crippen molar-refractivity contribution in [2.24, 2.45) is 0 Å². The second-order valence-electron chi connectivity index (χ2n) is 3.11. The predicted octanol–water partition coefficient (Wildman–Crippen LogP) is 1.00. The molecule has 17 heavy (non-hydrogen) atoms. The number of rotatable bonds is 4. The van der Waals surface area contributed by atoms with E-state index in [-0.39, 0.29) is 17.2 Å². The summed E-state index contributed by atoms with van der Waals surface area (Å²) in [6.45, 7) is 0. The average molecular weight is 320 g/mol. The van der Waals surface area contributed by atoms with Crippen LogP contribution in [0.3, 0.4) is 0 Å². The first-order valence-corrected chi connectivity index (χ1v) is 6.68. The van der Waals surface area contributed by atoms with Crippen molar-refractivity contribution < 1.29 is 18.9 Å². The first-order chi connectivity index (χ1) is 7.95. The van der Waals surface area contributed by atoms with E-state index in [2.05, 4.69) is 21.2 Å². The minimum Gasteiger partial charge on any atom is -0.478 e. The van der Waals surface area contributed by atoms with Gasteiger partial charge in [-0.2, -0.15) is 0 Å². The van der Waals surface area contributed by atoms with Gasteiger partial charge in [0.25, 0.3) is 0 Å². The Morgan fingerprint density at radius 1 is 1.47 bits per heavy atom. The molecule has 1 rings (SSSR count). The maximum absolute atomic E-state index is 11.7. The molecule has 0 aromatic heterocycles. The van der Waals surface area contributed by atoms with Crippen molar-refractivity contribution in [3.63, 3.8) is 0 Å². The smallest absolute Gasteiger partial charge is 0.336 e. The highest BCUT2D eigenvalue weighted by molar-refractivity contribution is 9.10. The SMILES string of the molecule is CNC(=O)CS(=O)c1ccc(Br)c(C(=O)O)c1. The summed E-state index contributed by atoms with van der Waals surface area (Å²) < 4.78 is 12.2. The van der Waals surface area contributed by atoms with E-state index >= 15 is 0 Å². The molecule has 5 nitrogen and oxygen atoms in total. The number of carboxylic acids is 1. The van der Waals surface area contributed by atoms with Crippen LogP contribution >= 0.6 is 15.9 Å². The van der Waals surface area contributed by atoms with E-state index in [0.29, 0.717) is 9.37 Å². The molecular formula is C10H10BrNO4S. The third-order valence-electron chi connectivity index (χ3n) is 1.97. The summed E-state index contributed by atoms with van der Waals surface area (Å²) in [6.07, 6.45) is 0. The van der Waals surface area contributed by atoms with Gasteiger partial charge in [-0.3, -0.25) is 9.00 Å². The maximum Gasteiger partial charge on any atom is 0.336 e. The Morgan fingerprint density at radius 2 is 2.12 bits per heavy atom. The van der Waals surface area contributed by atoms with Gasteiger partial charge in [0.05, 0.1) is 16.4 Å². The van der Waals surface area contributed by atoms with E-state index < -0.39 is 16.8 Å². The Morgan fingerprint density at radius 3 is 2.65 bits per heavy atom. The second-order valence-corrected chi connectivity index (χ2v) is 5.42. The summed E-state index contributed by atoms with van der Waals surface area (Å²) in [5.74, 6) is -1.66. The molecule has 0 aliphatic carbocycles. The molecule has 0 spiro atoms. The van der Waals surface area contributed by atoms with Gasteiger partial charge in [-0.15, -0.1) is 0 Å². The van der Waals surface area contributed by atoms with Crippen molar-refractivity contribution in [2.45, 2.75) is 4.90 Å². The number of hydrogen-bond acceptors (Lipinski definition) is 3. The lowest BCUT2D eigenvalue weighted by molar-refractivity contribution is -0.118. The van der Waals surface area contributed by atoms with Crippen LogP contribution in [0, 0.1) is 0 Å². The summed E-state index contributed by atoms with van der Waals surface area (Å²) in [7, 11) is -0.0965. The molecule has 0 aliphatic heterocycles. The number of benzene rings is 1. The van der Waals surface area contributed by atoms with Crippen LogP contribution in [0.15, 0.2) is 27.6 Å². The van der Waals surface area contributed by atoms with Crippen LogP contribution in [-0.4, -0.2) is 34.0 Å². The quantitative estimate of drug-likeness (QED) is 0.867. The van der Waals surface area contributed by atoms with Crippen LogP contribution in [0.1, 0.15) is 10.4 Å². The molecule has 92 valence electrons. The fraction of sp³-hybridized carbons (Fsp3) is 0.200. The molecule has 1 atom stereocenters. The lowest BCUT2D eigenvalue weighted by Crippen LogP contribution is -2.24. The van der Waals surface area contributed by atoms with Crippen molar-refractivity contribution in [3.8, 4) is 0 Å². The van der Waals surface area contributed by atoms with Gasteiger partial charge >= 0.3 is 5.97 Å². The predicted molar refractivity (Wildman–Crippen MR) is 66.4 cm³/mol. The highest BCUT2D eigenvalue weighted by Gasteiger charge is 2.14. The Labute approximate surface area is 109 Å². The summed E-state index contributed by atoms with van der Waals surface area (Å²) >= 11 is 3.09. The van der Waals surface area contributed by atoms with Crippen molar-refractivity contribution in [2.75, 3.05) is 12.8 Å². The Hall–Kier alpha value is -1.21. The minimum absolute atomic E-state index is 0.0211. The molecule has 1 unspecified atom stereocenters. The van der Waals surface area contributed by atoms with Crippen LogP contribution in [-0.2, 0) is 15.6 Å². The topological polar surface area (TPSA) is 83.5 Å². The number of nitrogens with one attached hydrogen (secondary N) is 1. The monoisotopic (exact) mass is 319 g/mol. The van der Waals surface area contributed by atoms with Crippen molar-refractivity contribution in [1.82, 2.24) is 5.32 Å². The number of halogens is 1. The molecule has 2 N–H and O–H groups in total. The number of carbonyl (C=O) groups excluding carboxylic acids is 1. The highest BCUT2D eigenvalue weighted by Crippen LogP contribution is 2.20. The fourth-order valence-electron chi connectivity index (χ4n) is 1.08. The molecule has 7 heteroatoms. The van der Waals surface area contributed by atoms with Gasteiger partial charge in [0.1, 0.15) is 5.75 Å². The van der Waals surface area contributed by atoms with Gasteiger partial charge in [-0.25, -0.2) is 4.79 Å². The van der Waals surface area contributed by atoms with E-state index in [1.165, 1.54) is 25.2 Å². The fourth-order valence-corrected chi connectivity index (χ4v) is 2.52. The zero-order valence-corrected chi connectivity index (χ0v) is 11.3. The molecule has 0 heterocycles. The van der Waals surface area contributed by atoms with E-state index in [4.69, 9.17) is 5.11 Å². The van der Waals surface area contributed by atoms with Crippen molar-refractivity contribution >= 4 is 38.6 Å². The summed E-state index contributed by atoms with van der Waals surface area (Å²) in [5.41, 5.74) is 0.0211. The summed E-state index contributed by atoms with van der Waals surface area (Å²) in [6, 6.07) is 4.32. The molecule has 1 aromatic rings. The number of carbonyl (C=O) groups is 2. The van der Waals surface area contributed by atoms with Crippen LogP contribution in [0.2, 0.25) is 0 Å². The number of amides is 1. The standard InChI is InChI=1S/C10H10BrNO4S/c1-12-9(13)5-17(16)6-2-3-8(11)7(4-6)10(14)15/h2-4H,5H2,1H3,(H,12,13)(H,14,15). The van der Waals surface area contributed by atoms with Gasteiger partial charge in [-0.05, 0) is 34.1 Å². The van der Waals surface area contributed by atoms with Gasteiger partial charge in [0, 0.05) is 16.4 Å². The molecule has 0 fully saturated rings. The van der Waals surface area contributed by atoms with Crippen molar-refractivity contribution in [3.05, 3.63) is 28.2 Å². The van der Waals surface area contributed by atoms with E-state index in [1.807, 2.05) is 0 Å². The molecule has 0 radical (unpaired) electrons. The van der Waals surface area contributed by atoms with Crippen LogP contribution < -0.4 is 5.32 Å². The van der Waals surface area contributed by atoms with Gasteiger partial charge in [-0.1, -0.05) is 0 Å². The Bertz CT molecular complexity index is 489. The molecule has 0 aliphatic rings. The molecule has 0 bridgehead atoms. The minimum atomic E-state index is -1.54. The zero-order valence-electron chi connectivity index (χ0n) is 8.90. The zero-order chi connectivity index (χ0) is 13.0. The maximum atomic E-state index is 11.7. The summed E-state index contributed by atoms with van der Waals surface area (Å²) in [5, 5.41) is 11.2. The molecule has 1 amide bonds. The molecule has 1 aromatic carbocycles. The molecule has 0 saturated carbocycles. The third kappa shape index (κ3) is 3.64. The van der Waals surface area contributed by atoms with Crippen LogP contribution in [0.5, 0.6) is 0 Å². The Balaban J connectivity index is 3.00. The normalized spacial score (nSPS) is 11.9. The number of carboxylic acid groups (broad SMARTS) is 1. The van der Waals surface area contributed by atoms with Crippen LogP contribution in [0.4, 0.5) is 0 Å². The number of aromatic carboxylic acids is 1. The highest BCUT2D eigenvalue weighted by atomic mass is 79.9. The van der Waals surface area contributed by atoms with Crippen LogP contribution in [0.25, 0.3) is 0 Å². The van der Waals surface area contributed by atoms with Gasteiger partial charge < -0.3 is 10.4 Å². The molecule has 0 saturated heterocycles. The van der Waals surface area contributed by atoms with E-state index in [1.54, 1.807) is 0 Å². The van der Waals surface area contributed by atoms with E-state index in [9.17, 15) is 13.8 Å². The largest absolute Gasteiger partial charge is 0.478 e. The first-order valence-electron chi connectivity index (χ1n) is 4.57. The van der Waals surface area contributed by atoms with Gasteiger partial charge in [0.2, 0.25) is 5.91 Å². The number of hydrogen-bond donors (Lipinski definition) is 2. The molecular weight excluding hydrogens is 310 g/mol.